The van der Waals surface area contributed by atoms with E-state index in [1.54, 1.807) is 21.9 Å². The Morgan fingerprint density at radius 2 is 1.88 bits per heavy atom. The molecule has 3 amide bonds. The van der Waals surface area contributed by atoms with Crippen LogP contribution in [0, 0.1) is 0 Å². The Morgan fingerprint density at radius 1 is 1.12 bits per heavy atom. The van der Waals surface area contributed by atoms with Crippen molar-refractivity contribution in [1.29, 1.82) is 0 Å². The molecule has 0 radical (unpaired) electrons. The highest BCUT2D eigenvalue weighted by molar-refractivity contribution is 5.91. The number of carbonyl (C=O) groups is 2. The van der Waals surface area contributed by atoms with Crippen LogP contribution in [-0.4, -0.2) is 67.2 Å². The quantitative estimate of drug-likeness (QED) is 0.788. The molecular formula is C19H29N3O4. The lowest BCUT2D eigenvalue weighted by Crippen LogP contribution is -2.43. The SMILES string of the molecule is O=C(NCCCOC1CCCC1)N1CCCN(C(=O)c2ccco2)CC1. The number of furan rings is 1. The predicted octanol–water partition coefficient (Wildman–Crippen LogP) is 2.49. The van der Waals surface area contributed by atoms with Crippen LogP contribution < -0.4 is 5.32 Å². The van der Waals surface area contributed by atoms with E-state index in [9.17, 15) is 9.59 Å². The van der Waals surface area contributed by atoms with Gasteiger partial charge in [-0.2, -0.15) is 0 Å². The highest BCUT2D eigenvalue weighted by atomic mass is 16.5. The average molecular weight is 363 g/mol. The largest absolute Gasteiger partial charge is 0.459 e. The summed E-state index contributed by atoms with van der Waals surface area (Å²) >= 11 is 0. The minimum Gasteiger partial charge on any atom is -0.459 e. The molecule has 0 bridgehead atoms. The Labute approximate surface area is 154 Å². The molecule has 2 aliphatic rings. The molecular weight excluding hydrogens is 334 g/mol. The van der Waals surface area contributed by atoms with Gasteiger partial charge in [0.1, 0.15) is 0 Å². The van der Waals surface area contributed by atoms with Gasteiger partial charge in [-0.3, -0.25) is 4.79 Å². The first-order valence-electron chi connectivity index (χ1n) is 9.71. The molecule has 0 spiro atoms. The van der Waals surface area contributed by atoms with Gasteiger partial charge in [0.25, 0.3) is 5.91 Å². The van der Waals surface area contributed by atoms with Crippen LogP contribution in [0.3, 0.4) is 0 Å². The highest BCUT2D eigenvalue weighted by Crippen LogP contribution is 2.20. The van der Waals surface area contributed by atoms with Gasteiger partial charge in [-0.1, -0.05) is 12.8 Å². The van der Waals surface area contributed by atoms with Crippen molar-refractivity contribution in [1.82, 2.24) is 15.1 Å². The molecule has 0 atom stereocenters. The molecule has 7 heteroatoms. The Bertz CT molecular complexity index is 569. The van der Waals surface area contributed by atoms with E-state index in [4.69, 9.17) is 9.15 Å². The van der Waals surface area contributed by atoms with Crippen LogP contribution in [0.25, 0.3) is 0 Å². The van der Waals surface area contributed by atoms with E-state index < -0.39 is 0 Å². The zero-order valence-corrected chi connectivity index (χ0v) is 15.3. The van der Waals surface area contributed by atoms with Gasteiger partial charge in [0.05, 0.1) is 12.4 Å². The minimum atomic E-state index is -0.110. The number of amides is 3. The summed E-state index contributed by atoms with van der Waals surface area (Å²) in [4.78, 5) is 28.2. The zero-order valence-electron chi connectivity index (χ0n) is 15.3. The first kappa shape index (κ1) is 18.8. The van der Waals surface area contributed by atoms with Gasteiger partial charge in [-0.05, 0) is 37.8 Å². The first-order valence-corrected chi connectivity index (χ1v) is 9.71. The third-order valence-electron chi connectivity index (χ3n) is 5.06. The lowest BCUT2D eigenvalue weighted by molar-refractivity contribution is 0.0570. The Morgan fingerprint density at radius 3 is 2.65 bits per heavy atom. The van der Waals surface area contributed by atoms with E-state index in [1.807, 2.05) is 0 Å². The van der Waals surface area contributed by atoms with Crippen LogP contribution in [-0.2, 0) is 4.74 Å². The van der Waals surface area contributed by atoms with Crippen LogP contribution >= 0.6 is 0 Å². The molecule has 1 aromatic heterocycles. The van der Waals surface area contributed by atoms with Crippen molar-refractivity contribution < 1.29 is 18.7 Å². The highest BCUT2D eigenvalue weighted by Gasteiger charge is 2.24. The lowest BCUT2D eigenvalue weighted by Gasteiger charge is -2.22. The van der Waals surface area contributed by atoms with Crippen molar-refractivity contribution in [3.63, 3.8) is 0 Å². The smallest absolute Gasteiger partial charge is 0.317 e. The van der Waals surface area contributed by atoms with Crippen LogP contribution in [0.1, 0.15) is 49.1 Å². The fraction of sp³-hybridized carbons (Fsp3) is 0.684. The number of nitrogens with zero attached hydrogens (tertiary/aromatic N) is 2. The summed E-state index contributed by atoms with van der Waals surface area (Å²) in [6.45, 7) is 3.69. The van der Waals surface area contributed by atoms with Crippen molar-refractivity contribution in [2.45, 2.75) is 44.6 Å². The van der Waals surface area contributed by atoms with Crippen molar-refractivity contribution in [3.8, 4) is 0 Å². The van der Waals surface area contributed by atoms with Crippen molar-refractivity contribution in [2.24, 2.45) is 0 Å². The lowest BCUT2D eigenvalue weighted by atomic mass is 10.3. The third-order valence-corrected chi connectivity index (χ3v) is 5.06. The summed E-state index contributed by atoms with van der Waals surface area (Å²) < 4.78 is 11.0. The molecule has 1 N–H and O–H groups in total. The van der Waals surface area contributed by atoms with Gasteiger partial charge in [0.2, 0.25) is 0 Å². The zero-order chi connectivity index (χ0) is 18.2. The number of hydrogen-bond donors (Lipinski definition) is 1. The molecule has 0 unspecified atom stereocenters. The maximum atomic E-state index is 12.3. The third kappa shape index (κ3) is 5.24. The van der Waals surface area contributed by atoms with E-state index in [1.165, 1.54) is 31.9 Å². The fourth-order valence-electron chi connectivity index (χ4n) is 3.56. The number of carbonyl (C=O) groups excluding carboxylic acids is 2. The molecule has 2 heterocycles. The van der Waals surface area contributed by atoms with E-state index in [2.05, 4.69) is 5.32 Å². The van der Waals surface area contributed by atoms with Gasteiger partial charge in [0.15, 0.2) is 5.76 Å². The minimum absolute atomic E-state index is 0.0573. The van der Waals surface area contributed by atoms with E-state index >= 15 is 0 Å². The molecule has 1 aromatic rings. The van der Waals surface area contributed by atoms with Gasteiger partial charge < -0.3 is 24.3 Å². The summed E-state index contributed by atoms with van der Waals surface area (Å²) in [6.07, 6.45) is 8.42. The van der Waals surface area contributed by atoms with Gasteiger partial charge in [-0.15, -0.1) is 0 Å². The molecule has 0 aromatic carbocycles. The number of hydrogen-bond acceptors (Lipinski definition) is 4. The van der Waals surface area contributed by atoms with Crippen LogP contribution in [0.2, 0.25) is 0 Å². The second kappa shape index (κ2) is 9.62. The van der Waals surface area contributed by atoms with Gasteiger partial charge in [-0.25, -0.2) is 4.79 Å². The summed E-state index contributed by atoms with van der Waals surface area (Å²) in [5, 5.41) is 2.96. The Hall–Kier alpha value is -2.02. The summed E-state index contributed by atoms with van der Waals surface area (Å²) in [6, 6.07) is 3.32. The average Bonchev–Trinajstić information content (AvgIpc) is 3.31. The second-order valence-electron chi connectivity index (χ2n) is 6.97. The molecule has 1 aliphatic heterocycles. The Balaban J connectivity index is 1.34. The fourth-order valence-corrected chi connectivity index (χ4v) is 3.56. The number of rotatable bonds is 6. The monoisotopic (exact) mass is 363 g/mol. The standard InChI is InChI=1S/C19H29N3O4/c23-18(17-8-3-14-26-17)21-10-5-11-22(13-12-21)19(24)20-9-4-15-25-16-6-1-2-7-16/h3,8,14,16H,1-2,4-7,9-13,15H2,(H,20,24). The molecule has 1 saturated carbocycles. The molecule has 144 valence electrons. The van der Waals surface area contributed by atoms with E-state index in [0.29, 0.717) is 51.2 Å². The van der Waals surface area contributed by atoms with Gasteiger partial charge >= 0.3 is 6.03 Å². The van der Waals surface area contributed by atoms with E-state index in [0.717, 1.165) is 12.8 Å². The first-order chi connectivity index (χ1) is 12.7. The summed E-state index contributed by atoms with van der Waals surface area (Å²) in [7, 11) is 0. The molecule has 3 rings (SSSR count). The summed E-state index contributed by atoms with van der Waals surface area (Å²) in [5.74, 6) is 0.242. The van der Waals surface area contributed by atoms with Gasteiger partial charge in [0, 0.05) is 39.3 Å². The van der Waals surface area contributed by atoms with E-state index in [-0.39, 0.29) is 11.9 Å². The van der Waals surface area contributed by atoms with Crippen molar-refractivity contribution in [3.05, 3.63) is 24.2 Å². The molecule has 26 heavy (non-hydrogen) atoms. The van der Waals surface area contributed by atoms with Crippen LogP contribution in [0.15, 0.2) is 22.8 Å². The maximum Gasteiger partial charge on any atom is 0.317 e. The molecule has 7 nitrogen and oxygen atoms in total. The van der Waals surface area contributed by atoms with Crippen molar-refractivity contribution in [2.75, 3.05) is 39.3 Å². The second-order valence-corrected chi connectivity index (χ2v) is 6.97. The molecule has 2 fully saturated rings. The molecule has 1 saturated heterocycles. The Kier molecular flexibility index (Phi) is 6.94. The number of ether oxygens (including phenoxy) is 1. The topological polar surface area (TPSA) is 75.0 Å². The normalized spacial score (nSPS) is 18.8. The number of urea groups is 1. The number of nitrogens with one attached hydrogen (secondary N) is 1. The molecule has 1 aliphatic carbocycles. The predicted molar refractivity (Wildman–Crippen MR) is 97.0 cm³/mol. The summed E-state index contributed by atoms with van der Waals surface area (Å²) in [5.41, 5.74) is 0. The maximum absolute atomic E-state index is 12.3. The van der Waals surface area contributed by atoms with Crippen LogP contribution in [0.4, 0.5) is 4.79 Å². The van der Waals surface area contributed by atoms with Crippen LogP contribution in [0.5, 0.6) is 0 Å². The van der Waals surface area contributed by atoms with Crippen molar-refractivity contribution >= 4 is 11.9 Å².